The van der Waals surface area contributed by atoms with E-state index in [1.165, 1.54) is 88.7 Å². The second-order valence-corrected chi connectivity index (χ2v) is 12.9. The van der Waals surface area contributed by atoms with E-state index in [2.05, 4.69) is 179 Å². The van der Waals surface area contributed by atoms with Crippen LogP contribution in [0.5, 0.6) is 0 Å². The van der Waals surface area contributed by atoms with E-state index in [4.69, 9.17) is 0 Å². The van der Waals surface area contributed by atoms with Crippen LogP contribution in [0.4, 0.5) is 0 Å². The van der Waals surface area contributed by atoms with Gasteiger partial charge in [0.2, 0.25) is 0 Å². The molecule has 9 aromatic rings. The lowest BCUT2D eigenvalue weighted by Crippen LogP contribution is -2.11. The Labute approximate surface area is 279 Å². The Kier molecular flexibility index (Phi) is 6.04. The van der Waals surface area contributed by atoms with Crippen molar-refractivity contribution < 1.29 is 0 Å². The van der Waals surface area contributed by atoms with Gasteiger partial charge in [-0.1, -0.05) is 127 Å². The number of aromatic nitrogens is 2. The van der Waals surface area contributed by atoms with Crippen LogP contribution in [0.2, 0.25) is 0 Å². The van der Waals surface area contributed by atoms with Gasteiger partial charge < -0.3 is 9.13 Å². The van der Waals surface area contributed by atoms with E-state index in [-0.39, 0.29) is 0 Å². The molecule has 0 saturated carbocycles. The van der Waals surface area contributed by atoms with Crippen LogP contribution >= 0.6 is 0 Å². The van der Waals surface area contributed by atoms with Gasteiger partial charge in [0.1, 0.15) is 0 Å². The first-order valence-electron chi connectivity index (χ1n) is 16.8. The molecule has 1 aliphatic carbocycles. The van der Waals surface area contributed by atoms with Gasteiger partial charge in [0.05, 0.1) is 11.0 Å². The van der Waals surface area contributed by atoms with E-state index in [1.807, 2.05) is 0 Å². The van der Waals surface area contributed by atoms with Crippen LogP contribution in [0.1, 0.15) is 11.4 Å². The van der Waals surface area contributed by atoms with E-state index in [9.17, 15) is 0 Å². The second kappa shape index (κ2) is 10.7. The molecule has 48 heavy (non-hydrogen) atoms. The van der Waals surface area contributed by atoms with Crippen LogP contribution in [-0.2, 0) is 12.8 Å². The van der Waals surface area contributed by atoms with Gasteiger partial charge in [-0.25, -0.2) is 0 Å². The highest BCUT2D eigenvalue weighted by Crippen LogP contribution is 2.48. The minimum atomic E-state index is 0.956. The summed E-state index contributed by atoms with van der Waals surface area (Å²) in [7, 11) is 0. The average molecular weight is 613 g/mol. The summed E-state index contributed by atoms with van der Waals surface area (Å²) >= 11 is 0. The first-order valence-corrected chi connectivity index (χ1v) is 16.8. The quantitative estimate of drug-likeness (QED) is 0.187. The molecule has 2 heteroatoms. The van der Waals surface area contributed by atoms with Crippen molar-refractivity contribution in [2.75, 3.05) is 0 Å². The highest BCUT2D eigenvalue weighted by molar-refractivity contribution is 6.10. The molecule has 0 bridgehead atoms. The van der Waals surface area contributed by atoms with Gasteiger partial charge in [-0.2, -0.15) is 0 Å². The van der Waals surface area contributed by atoms with Crippen LogP contribution < -0.4 is 0 Å². The molecule has 0 amide bonds. The van der Waals surface area contributed by atoms with Gasteiger partial charge >= 0.3 is 0 Å². The van der Waals surface area contributed by atoms with Crippen molar-refractivity contribution in [3.05, 3.63) is 181 Å². The minimum absolute atomic E-state index is 0.956. The van der Waals surface area contributed by atoms with Crippen molar-refractivity contribution in [1.82, 2.24) is 9.13 Å². The third kappa shape index (κ3) is 4.13. The molecular weight excluding hydrogens is 581 g/mol. The van der Waals surface area contributed by atoms with Crippen molar-refractivity contribution in [2.24, 2.45) is 0 Å². The molecule has 7 aromatic carbocycles. The lowest BCUT2D eigenvalue weighted by atomic mass is 9.90. The largest absolute Gasteiger partial charge is 0.313 e. The van der Waals surface area contributed by atoms with Crippen molar-refractivity contribution in [1.29, 1.82) is 0 Å². The predicted molar refractivity (Wildman–Crippen MR) is 201 cm³/mol. The van der Waals surface area contributed by atoms with Crippen molar-refractivity contribution in [3.8, 4) is 44.8 Å². The fraction of sp³-hybridized carbons (Fsp3) is 0.0435. The summed E-state index contributed by atoms with van der Waals surface area (Å²) in [4.78, 5) is 0. The number of benzene rings is 7. The molecule has 0 saturated heterocycles. The van der Waals surface area contributed by atoms with Crippen LogP contribution in [0.25, 0.3) is 77.3 Å². The fourth-order valence-electron chi connectivity index (χ4n) is 8.09. The van der Waals surface area contributed by atoms with Crippen LogP contribution in [0.15, 0.2) is 170 Å². The molecule has 0 radical (unpaired) electrons. The number of rotatable bonds is 4. The molecule has 0 N–H and O–H groups in total. The van der Waals surface area contributed by atoms with E-state index in [1.54, 1.807) is 0 Å². The summed E-state index contributed by atoms with van der Waals surface area (Å²) in [5, 5.41) is 5.15. The molecule has 0 aliphatic heterocycles. The van der Waals surface area contributed by atoms with Crippen molar-refractivity contribution in [3.63, 3.8) is 0 Å². The van der Waals surface area contributed by atoms with Gasteiger partial charge in [-0.15, -0.1) is 0 Å². The fourth-order valence-corrected chi connectivity index (χ4v) is 8.09. The van der Waals surface area contributed by atoms with Crippen LogP contribution in [0, 0.1) is 0 Å². The van der Waals surface area contributed by atoms with Crippen molar-refractivity contribution >= 4 is 32.6 Å². The third-order valence-electron chi connectivity index (χ3n) is 10.2. The zero-order valence-electron chi connectivity index (χ0n) is 26.5. The van der Waals surface area contributed by atoms with Crippen LogP contribution in [0.3, 0.4) is 0 Å². The maximum absolute atomic E-state index is 2.55. The van der Waals surface area contributed by atoms with Crippen molar-refractivity contribution in [2.45, 2.75) is 12.8 Å². The van der Waals surface area contributed by atoms with E-state index >= 15 is 0 Å². The van der Waals surface area contributed by atoms with E-state index < -0.39 is 0 Å². The highest BCUT2D eigenvalue weighted by Gasteiger charge is 2.30. The summed E-state index contributed by atoms with van der Waals surface area (Å²) in [6, 6.07) is 62.2. The average Bonchev–Trinajstić information content (AvgIpc) is 3.68. The minimum Gasteiger partial charge on any atom is -0.313 e. The Balaban J connectivity index is 1.26. The lowest BCUT2D eigenvalue weighted by Gasteiger charge is -2.21. The molecule has 0 spiro atoms. The number of hydrogen-bond acceptors (Lipinski definition) is 0. The molecule has 0 fully saturated rings. The summed E-state index contributed by atoms with van der Waals surface area (Å²) in [6.07, 6.45) is 1.92. The van der Waals surface area contributed by atoms with Gasteiger partial charge in [-0.05, 0) is 88.3 Å². The second-order valence-electron chi connectivity index (χ2n) is 12.9. The Morgan fingerprint density at radius 1 is 0.333 bits per heavy atom. The summed E-state index contributed by atoms with van der Waals surface area (Å²) in [5.74, 6) is 0. The first kappa shape index (κ1) is 27.0. The molecule has 226 valence electrons. The van der Waals surface area contributed by atoms with E-state index in [0.717, 1.165) is 12.8 Å². The topological polar surface area (TPSA) is 9.86 Å². The van der Waals surface area contributed by atoms with Gasteiger partial charge in [0, 0.05) is 44.7 Å². The number of fused-ring (bicyclic) bond motifs is 8. The summed E-state index contributed by atoms with van der Waals surface area (Å²) in [6.45, 7) is 0. The number of nitrogens with zero attached hydrogens (tertiary/aromatic N) is 2. The monoisotopic (exact) mass is 612 g/mol. The molecular formula is C46H32N2. The Morgan fingerprint density at radius 3 is 1.40 bits per heavy atom. The zero-order chi connectivity index (χ0) is 31.6. The molecule has 0 unspecified atom stereocenters. The normalized spacial score (nSPS) is 12.4. The molecule has 0 atom stereocenters. The zero-order valence-corrected chi connectivity index (χ0v) is 26.5. The standard InChI is InChI=1S/C46H32N2/c1-3-13-31(14-4-1)35-27-36(32-15-5-2-6-16-32)30-38(29-35)48-42-22-12-10-20-40(42)46-44(48)26-25-43-45(46)39-19-9-11-21-41(39)47(43)37-24-23-33-17-7-8-18-34(33)28-37/h1-24,27-30H,25-26H2. The lowest BCUT2D eigenvalue weighted by molar-refractivity contribution is 0.822. The molecule has 2 heterocycles. The van der Waals surface area contributed by atoms with Gasteiger partial charge in [-0.3, -0.25) is 0 Å². The molecule has 1 aliphatic rings. The Bertz CT molecular complexity index is 2600. The Hall–Kier alpha value is -6.12. The highest BCUT2D eigenvalue weighted by atomic mass is 15.0. The molecule has 2 aromatic heterocycles. The maximum Gasteiger partial charge on any atom is 0.0537 e. The third-order valence-corrected chi connectivity index (χ3v) is 10.2. The predicted octanol–water partition coefficient (Wildman–Crippen LogP) is 11.8. The smallest absolute Gasteiger partial charge is 0.0537 e. The molecule has 2 nitrogen and oxygen atoms in total. The maximum atomic E-state index is 2.55. The number of hydrogen-bond donors (Lipinski definition) is 0. The van der Waals surface area contributed by atoms with E-state index in [0.29, 0.717) is 0 Å². The summed E-state index contributed by atoms with van der Waals surface area (Å²) < 4.78 is 5.07. The van der Waals surface area contributed by atoms with Gasteiger partial charge in [0.25, 0.3) is 0 Å². The Morgan fingerprint density at radius 2 is 0.812 bits per heavy atom. The van der Waals surface area contributed by atoms with Crippen LogP contribution in [-0.4, -0.2) is 9.13 Å². The summed E-state index contributed by atoms with van der Waals surface area (Å²) in [5.41, 5.74) is 15.4. The number of para-hydroxylation sites is 2. The van der Waals surface area contributed by atoms with Gasteiger partial charge in [0.15, 0.2) is 0 Å². The SMILES string of the molecule is c1ccc(-c2cc(-c3ccccc3)cc(-n3c4c(c5ccccc53)-c3c(n(-c5ccc6ccccc6c5)c5ccccc35)CC4)c2)cc1. The first-order chi connectivity index (χ1) is 23.8. The molecule has 10 rings (SSSR count).